The molecular weight excluding hydrogens is 302 g/mol. The fourth-order valence-corrected chi connectivity index (χ4v) is 2.86. The van der Waals surface area contributed by atoms with E-state index in [2.05, 4.69) is 25.4 Å². The SMILES string of the molecule is O=C(NC1CCCN(Cc2ccc(Cl)cc2)C1)c1ncn[nH]1. The molecule has 0 radical (unpaired) electrons. The van der Waals surface area contributed by atoms with E-state index in [0.717, 1.165) is 37.5 Å². The van der Waals surface area contributed by atoms with Crippen molar-refractivity contribution in [2.75, 3.05) is 13.1 Å². The Kier molecular flexibility index (Phi) is 4.70. The maximum absolute atomic E-state index is 12.0. The Bertz CT molecular complexity index is 613. The molecule has 1 amide bonds. The second-order valence-electron chi connectivity index (χ2n) is 5.51. The van der Waals surface area contributed by atoms with Crippen LogP contribution in [0.5, 0.6) is 0 Å². The standard InChI is InChI=1S/C15H18ClN5O/c16-12-5-3-11(4-6-12)8-21-7-1-2-13(9-21)19-15(22)14-17-10-18-20-14/h3-6,10,13H,1-2,7-9H2,(H,19,22)(H,17,18,20). The summed E-state index contributed by atoms with van der Waals surface area (Å²) in [6, 6.07) is 8.03. The molecule has 1 atom stereocenters. The van der Waals surface area contributed by atoms with Crippen LogP contribution in [-0.2, 0) is 6.54 Å². The van der Waals surface area contributed by atoms with Crippen LogP contribution in [0.1, 0.15) is 29.0 Å². The summed E-state index contributed by atoms with van der Waals surface area (Å²) in [5.74, 6) is 0.0608. The van der Waals surface area contributed by atoms with Crippen LogP contribution in [0.4, 0.5) is 0 Å². The van der Waals surface area contributed by atoms with Crippen molar-refractivity contribution in [2.45, 2.75) is 25.4 Å². The van der Waals surface area contributed by atoms with Crippen LogP contribution < -0.4 is 5.32 Å². The molecule has 0 saturated carbocycles. The molecule has 0 bridgehead atoms. The van der Waals surface area contributed by atoms with Crippen LogP contribution in [0.25, 0.3) is 0 Å². The maximum Gasteiger partial charge on any atom is 0.288 e. The first-order valence-corrected chi connectivity index (χ1v) is 7.71. The van der Waals surface area contributed by atoms with Crippen molar-refractivity contribution >= 4 is 17.5 Å². The number of nitrogens with one attached hydrogen (secondary N) is 2. The Balaban J connectivity index is 1.55. The minimum atomic E-state index is -0.198. The van der Waals surface area contributed by atoms with Crippen molar-refractivity contribution in [3.8, 4) is 0 Å². The molecule has 22 heavy (non-hydrogen) atoms. The highest BCUT2D eigenvalue weighted by molar-refractivity contribution is 6.30. The zero-order valence-corrected chi connectivity index (χ0v) is 12.9. The van der Waals surface area contributed by atoms with Gasteiger partial charge in [-0.15, -0.1) is 0 Å². The van der Waals surface area contributed by atoms with E-state index in [4.69, 9.17) is 11.6 Å². The van der Waals surface area contributed by atoms with Crippen LogP contribution >= 0.6 is 11.6 Å². The molecule has 1 aromatic carbocycles. The van der Waals surface area contributed by atoms with E-state index in [1.165, 1.54) is 11.9 Å². The van der Waals surface area contributed by atoms with Gasteiger partial charge in [-0.3, -0.25) is 14.8 Å². The van der Waals surface area contributed by atoms with E-state index < -0.39 is 0 Å². The van der Waals surface area contributed by atoms with E-state index in [-0.39, 0.29) is 17.8 Å². The molecule has 2 N–H and O–H groups in total. The number of H-pyrrole nitrogens is 1. The number of halogens is 1. The molecule has 6 nitrogen and oxygen atoms in total. The van der Waals surface area contributed by atoms with Gasteiger partial charge in [0.2, 0.25) is 5.82 Å². The van der Waals surface area contributed by atoms with Gasteiger partial charge in [0.05, 0.1) is 0 Å². The highest BCUT2D eigenvalue weighted by Crippen LogP contribution is 2.16. The summed E-state index contributed by atoms with van der Waals surface area (Å²) >= 11 is 5.91. The predicted molar refractivity (Wildman–Crippen MR) is 83.6 cm³/mol. The van der Waals surface area contributed by atoms with Crippen LogP contribution in [0.2, 0.25) is 5.02 Å². The van der Waals surface area contributed by atoms with E-state index >= 15 is 0 Å². The number of carbonyl (C=O) groups is 1. The Morgan fingerprint density at radius 2 is 2.23 bits per heavy atom. The molecule has 1 saturated heterocycles. The number of piperidine rings is 1. The number of rotatable bonds is 4. The molecule has 1 aliphatic rings. The first-order valence-electron chi connectivity index (χ1n) is 7.34. The third-order valence-electron chi connectivity index (χ3n) is 3.79. The summed E-state index contributed by atoms with van der Waals surface area (Å²) < 4.78 is 0. The van der Waals surface area contributed by atoms with Gasteiger partial charge in [-0.05, 0) is 37.1 Å². The number of aromatic amines is 1. The first-order chi connectivity index (χ1) is 10.7. The van der Waals surface area contributed by atoms with Crippen molar-refractivity contribution < 1.29 is 4.79 Å². The maximum atomic E-state index is 12.0. The minimum Gasteiger partial charge on any atom is -0.345 e. The second kappa shape index (κ2) is 6.89. The van der Waals surface area contributed by atoms with Gasteiger partial charge < -0.3 is 5.32 Å². The summed E-state index contributed by atoms with van der Waals surface area (Å²) in [4.78, 5) is 18.2. The minimum absolute atomic E-state index is 0.138. The highest BCUT2D eigenvalue weighted by atomic mass is 35.5. The molecular formula is C15H18ClN5O. The molecule has 1 fully saturated rings. The Morgan fingerprint density at radius 1 is 1.41 bits per heavy atom. The molecule has 3 rings (SSSR count). The van der Waals surface area contributed by atoms with Gasteiger partial charge in [0, 0.05) is 24.2 Å². The van der Waals surface area contributed by atoms with Crippen LogP contribution in [-0.4, -0.2) is 45.1 Å². The molecule has 7 heteroatoms. The van der Waals surface area contributed by atoms with Crippen molar-refractivity contribution in [3.63, 3.8) is 0 Å². The predicted octanol–water partition coefficient (Wildman–Crippen LogP) is 1.85. The zero-order valence-electron chi connectivity index (χ0n) is 12.1. The molecule has 0 aliphatic carbocycles. The fraction of sp³-hybridized carbons (Fsp3) is 0.400. The van der Waals surface area contributed by atoms with Crippen molar-refractivity contribution in [2.24, 2.45) is 0 Å². The highest BCUT2D eigenvalue weighted by Gasteiger charge is 2.22. The van der Waals surface area contributed by atoms with Crippen LogP contribution in [0, 0.1) is 0 Å². The number of hydrogen-bond acceptors (Lipinski definition) is 4. The second-order valence-corrected chi connectivity index (χ2v) is 5.94. The van der Waals surface area contributed by atoms with E-state index in [1.807, 2.05) is 24.3 Å². The van der Waals surface area contributed by atoms with Gasteiger partial charge in [-0.2, -0.15) is 5.10 Å². The van der Waals surface area contributed by atoms with Gasteiger partial charge >= 0.3 is 0 Å². The lowest BCUT2D eigenvalue weighted by atomic mass is 10.0. The van der Waals surface area contributed by atoms with E-state index in [9.17, 15) is 4.79 Å². The number of aromatic nitrogens is 3. The number of amides is 1. The largest absolute Gasteiger partial charge is 0.345 e. The third kappa shape index (κ3) is 3.84. The van der Waals surface area contributed by atoms with Gasteiger partial charge in [0.1, 0.15) is 6.33 Å². The molecule has 1 aromatic heterocycles. The molecule has 2 aromatic rings. The number of nitrogens with zero attached hydrogens (tertiary/aromatic N) is 3. The summed E-state index contributed by atoms with van der Waals surface area (Å²) in [6.07, 6.45) is 3.38. The van der Waals surface area contributed by atoms with Crippen molar-refractivity contribution in [3.05, 3.63) is 47.0 Å². The van der Waals surface area contributed by atoms with Gasteiger partial charge in [0.15, 0.2) is 0 Å². The van der Waals surface area contributed by atoms with Gasteiger partial charge in [-0.25, -0.2) is 4.98 Å². The zero-order chi connectivity index (χ0) is 15.4. The molecule has 0 spiro atoms. The average Bonchev–Trinajstić information content (AvgIpc) is 3.04. The van der Waals surface area contributed by atoms with Gasteiger partial charge in [0.25, 0.3) is 5.91 Å². The Hall–Kier alpha value is -1.92. The van der Waals surface area contributed by atoms with E-state index in [1.54, 1.807) is 0 Å². The van der Waals surface area contributed by atoms with Gasteiger partial charge in [-0.1, -0.05) is 23.7 Å². The number of benzene rings is 1. The number of likely N-dealkylation sites (tertiary alicyclic amines) is 1. The van der Waals surface area contributed by atoms with Crippen molar-refractivity contribution in [1.29, 1.82) is 0 Å². The smallest absolute Gasteiger partial charge is 0.288 e. The molecule has 116 valence electrons. The summed E-state index contributed by atoms with van der Waals surface area (Å²) in [7, 11) is 0. The number of carbonyl (C=O) groups excluding carboxylic acids is 1. The van der Waals surface area contributed by atoms with Crippen LogP contribution in [0.15, 0.2) is 30.6 Å². The van der Waals surface area contributed by atoms with E-state index in [0.29, 0.717) is 0 Å². The lowest BCUT2D eigenvalue weighted by Gasteiger charge is -2.33. The third-order valence-corrected chi connectivity index (χ3v) is 4.04. The normalized spacial score (nSPS) is 19.0. The molecule has 2 heterocycles. The van der Waals surface area contributed by atoms with Crippen LogP contribution in [0.3, 0.4) is 0 Å². The number of hydrogen-bond donors (Lipinski definition) is 2. The average molecular weight is 320 g/mol. The van der Waals surface area contributed by atoms with Crippen molar-refractivity contribution in [1.82, 2.24) is 25.4 Å². The summed E-state index contributed by atoms with van der Waals surface area (Å²) in [5.41, 5.74) is 1.23. The topological polar surface area (TPSA) is 73.9 Å². The Morgan fingerprint density at radius 3 is 2.95 bits per heavy atom. The lowest BCUT2D eigenvalue weighted by Crippen LogP contribution is -2.47. The summed E-state index contributed by atoms with van der Waals surface area (Å²) in [5, 5.41) is 10.0. The lowest BCUT2D eigenvalue weighted by molar-refractivity contribution is 0.0890. The first kappa shape index (κ1) is 15.0. The molecule has 1 unspecified atom stereocenters. The monoisotopic (exact) mass is 319 g/mol. The fourth-order valence-electron chi connectivity index (χ4n) is 2.73. The Labute approximate surface area is 133 Å². The summed E-state index contributed by atoms with van der Waals surface area (Å²) in [6.45, 7) is 2.74. The molecule has 1 aliphatic heterocycles. The quantitative estimate of drug-likeness (QED) is 0.902.